The molecule has 0 bridgehead atoms. The topological polar surface area (TPSA) is 190 Å². The number of phenolic OH excluding ortho intramolecular Hbond substituents is 4. The Labute approximate surface area is 257 Å². The summed E-state index contributed by atoms with van der Waals surface area (Å²) in [6, 6.07) is 20.8. The maximum atomic E-state index is 11.2. The normalized spacial score (nSPS) is 26.0. The quantitative estimate of drug-likeness (QED) is 0.142. The molecule has 0 saturated carbocycles. The molecule has 4 aromatic rings. The number of ether oxygens (including phenoxy) is 3. The molecule has 0 spiro atoms. The predicted molar refractivity (Wildman–Crippen MR) is 161 cm³/mol. The second kappa shape index (κ2) is 12.3. The van der Waals surface area contributed by atoms with Gasteiger partial charge in [0.1, 0.15) is 65.0 Å². The fourth-order valence-corrected chi connectivity index (χ4v) is 5.71. The monoisotopic (exact) mass is 616 g/mol. The summed E-state index contributed by atoms with van der Waals surface area (Å²) >= 11 is 0. The minimum absolute atomic E-state index is 0.0456. The highest BCUT2D eigenvalue weighted by Crippen LogP contribution is 2.54. The first-order chi connectivity index (χ1) is 21.6. The second-order valence-electron chi connectivity index (χ2n) is 11.1. The Balaban J connectivity index is 1.30. The molecule has 234 valence electrons. The molecule has 4 aromatic carbocycles. The van der Waals surface area contributed by atoms with Gasteiger partial charge in [0.15, 0.2) is 0 Å². The van der Waals surface area contributed by atoms with Gasteiger partial charge in [-0.15, -0.1) is 0 Å². The largest absolute Gasteiger partial charge is 0.508 e. The third-order valence-electron chi connectivity index (χ3n) is 7.96. The number of fused-ring (bicyclic) bond motifs is 1. The Hall–Kier alpha value is -4.78. The molecule has 0 aliphatic carbocycles. The van der Waals surface area contributed by atoms with Crippen LogP contribution in [0.1, 0.15) is 39.8 Å². The van der Waals surface area contributed by atoms with Crippen molar-refractivity contribution >= 4 is 12.2 Å². The molecule has 6 rings (SSSR count). The molecule has 11 nitrogen and oxygen atoms in total. The summed E-state index contributed by atoms with van der Waals surface area (Å²) in [5, 5.41) is 81.2. The van der Waals surface area contributed by atoms with Gasteiger partial charge >= 0.3 is 0 Å². The molecule has 45 heavy (non-hydrogen) atoms. The first kappa shape index (κ1) is 30.3. The van der Waals surface area contributed by atoms with Gasteiger partial charge in [-0.2, -0.15) is 0 Å². The SMILES string of the molecule is OC[C@H]1O[C@@H](Oc2ccc(C3Oc4cc(/C=C/c5ccc(O)cc5)cc(O)c4C3c3cc(O)cc(O)c3)cc2)[C@H](O)[C@@H](O)[C@@H]1O. The van der Waals surface area contributed by atoms with Crippen LogP contribution in [0.2, 0.25) is 0 Å². The number of rotatable bonds is 7. The van der Waals surface area contributed by atoms with Crippen molar-refractivity contribution in [3.8, 4) is 34.5 Å². The van der Waals surface area contributed by atoms with Gasteiger partial charge in [0, 0.05) is 11.6 Å². The number of hydrogen-bond donors (Lipinski definition) is 8. The number of benzene rings is 4. The standard InChI is InChI=1S/C34H32O11/c35-16-27-30(40)31(41)32(42)34(45-27)43-24-9-5-19(6-10-24)33-28(20-13-22(37)15-23(38)14-20)29-25(39)11-18(12-26(29)44-33)2-1-17-3-7-21(36)8-4-17/h1-15,27-28,30-42H,16H2/b2-1+/t27-,28?,30-,31+,32-,33?,34-/m1/s1. The van der Waals surface area contributed by atoms with Gasteiger partial charge in [-0.3, -0.25) is 0 Å². The zero-order valence-corrected chi connectivity index (χ0v) is 23.7. The Bertz CT molecular complexity index is 1660. The highest BCUT2D eigenvalue weighted by Gasteiger charge is 2.45. The molecular weight excluding hydrogens is 584 g/mol. The number of phenols is 4. The summed E-state index contributed by atoms with van der Waals surface area (Å²) in [6.45, 7) is -0.587. The van der Waals surface area contributed by atoms with E-state index in [1.807, 2.05) is 6.08 Å². The van der Waals surface area contributed by atoms with E-state index in [2.05, 4.69) is 0 Å². The molecular formula is C34H32O11. The van der Waals surface area contributed by atoms with Crippen molar-refractivity contribution in [1.82, 2.24) is 0 Å². The van der Waals surface area contributed by atoms with Crippen LogP contribution in [0.4, 0.5) is 0 Å². The molecule has 11 heteroatoms. The van der Waals surface area contributed by atoms with E-state index in [9.17, 15) is 40.9 Å². The fourth-order valence-electron chi connectivity index (χ4n) is 5.71. The minimum Gasteiger partial charge on any atom is -0.508 e. The third kappa shape index (κ3) is 6.12. The average Bonchev–Trinajstić information content (AvgIpc) is 3.41. The van der Waals surface area contributed by atoms with Crippen LogP contribution in [0.25, 0.3) is 12.2 Å². The van der Waals surface area contributed by atoms with Crippen molar-refractivity contribution in [3.05, 3.63) is 107 Å². The third-order valence-corrected chi connectivity index (χ3v) is 7.96. The van der Waals surface area contributed by atoms with E-state index in [-0.39, 0.29) is 28.7 Å². The number of aliphatic hydroxyl groups is 4. The molecule has 1 saturated heterocycles. The van der Waals surface area contributed by atoms with Crippen molar-refractivity contribution in [2.75, 3.05) is 6.61 Å². The molecule has 2 heterocycles. The molecule has 7 atom stereocenters. The van der Waals surface area contributed by atoms with E-state index in [4.69, 9.17) is 14.2 Å². The zero-order chi connectivity index (χ0) is 31.8. The summed E-state index contributed by atoms with van der Waals surface area (Å²) < 4.78 is 17.6. The summed E-state index contributed by atoms with van der Waals surface area (Å²) in [5.74, 6) is -0.184. The van der Waals surface area contributed by atoms with Gasteiger partial charge in [0.2, 0.25) is 6.29 Å². The predicted octanol–water partition coefficient (Wildman–Crippen LogP) is 3.12. The fraction of sp³-hybridized carbons (Fsp3) is 0.235. The lowest BCUT2D eigenvalue weighted by atomic mass is 9.84. The van der Waals surface area contributed by atoms with E-state index in [1.165, 1.54) is 18.2 Å². The van der Waals surface area contributed by atoms with E-state index in [0.29, 0.717) is 28.0 Å². The summed E-state index contributed by atoms with van der Waals surface area (Å²) in [5.41, 5.74) is 3.11. The van der Waals surface area contributed by atoms with Crippen molar-refractivity contribution in [1.29, 1.82) is 0 Å². The smallest absolute Gasteiger partial charge is 0.229 e. The maximum Gasteiger partial charge on any atom is 0.229 e. The number of aliphatic hydroxyl groups excluding tert-OH is 4. The van der Waals surface area contributed by atoms with Crippen LogP contribution in [0.3, 0.4) is 0 Å². The minimum atomic E-state index is -1.58. The molecule has 2 aliphatic heterocycles. The van der Waals surface area contributed by atoms with Crippen LogP contribution < -0.4 is 9.47 Å². The maximum absolute atomic E-state index is 11.2. The Kier molecular flexibility index (Phi) is 8.28. The molecule has 2 aliphatic rings. The van der Waals surface area contributed by atoms with E-state index in [1.54, 1.807) is 66.7 Å². The van der Waals surface area contributed by atoms with Crippen molar-refractivity contribution < 1.29 is 55.1 Å². The highest BCUT2D eigenvalue weighted by molar-refractivity contribution is 5.73. The molecule has 1 fully saturated rings. The lowest BCUT2D eigenvalue weighted by Gasteiger charge is -2.39. The lowest BCUT2D eigenvalue weighted by Crippen LogP contribution is -2.60. The van der Waals surface area contributed by atoms with Crippen molar-refractivity contribution in [3.63, 3.8) is 0 Å². The van der Waals surface area contributed by atoms with Crippen LogP contribution in [0, 0.1) is 0 Å². The summed E-state index contributed by atoms with van der Waals surface area (Å²) in [7, 11) is 0. The van der Waals surface area contributed by atoms with Crippen LogP contribution in [0.15, 0.2) is 78.9 Å². The first-order valence-electron chi connectivity index (χ1n) is 14.2. The Morgan fingerprint density at radius 1 is 0.667 bits per heavy atom. The van der Waals surface area contributed by atoms with Gasteiger partial charge in [-0.25, -0.2) is 0 Å². The van der Waals surface area contributed by atoms with Crippen molar-refractivity contribution in [2.24, 2.45) is 0 Å². The van der Waals surface area contributed by atoms with Gasteiger partial charge < -0.3 is 55.1 Å². The van der Waals surface area contributed by atoms with Gasteiger partial charge in [-0.05, 0) is 70.8 Å². The summed E-state index contributed by atoms with van der Waals surface area (Å²) in [4.78, 5) is 0. The van der Waals surface area contributed by atoms with E-state index < -0.39 is 49.3 Å². The van der Waals surface area contributed by atoms with Gasteiger partial charge in [0.25, 0.3) is 0 Å². The molecule has 8 N–H and O–H groups in total. The molecule has 2 unspecified atom stereocenters. The van der Waals surface area contributed by atoms with E-state index in [0.717, 1.165) is 5.56 Å². The number of aromatic hydroxyl groups is 4. The van der Waals surface area contributed by atoms with Gasteiger partial charge in [0.05, 0.1) is 12.5 Å². The van der Waals surface area contributed by atoms with Gasteiger partial charge in [-0.1, -0.05) is 36.4 Å². The summed E-state index contributed by atoms with van der Waals surface area (Å²) in [6.07, 6.45) is -4.23. The average molecular weight is 617 g/mol. The second-order valence-corrected chi connectivity index (χ2v) is 11.1. The van der Waals surface area contributed by atoms with Crippen LogP contribution in [-0.4, -0.2) is 78.2 Å². The van der Waals surface area contributed by atoms with E-state index >= 15 is 0 Å². The highest BCUT2D eigenvalue weighted by atomic mass is 16.7. The lowest BCUT2D eigenvalue weighted by molar-refractivity contribution is -0.277. The van der Waals surface area contributed by atoms with Crippen molar-refractivity contribution in [2.45, 2.75) is 42.7 Å². The number of hydrogen-bond acceptors (Lipinski definition) is 11. The molecule has 0 aromatic heterocycles. The zero-order valence-electron chi connectivity index (χ0n) is 23.7. The van der Waals surface area contributed by atoms with Crippen LogP contribution in [0.5, 0.6) is 34.5 Å². The molecule has 0 amide bonds. The Morgan fingerprint density at radius 2 is 1.33 bits per heavy atom. The van der Waals surface area contributed by atoms with Crippen LogP contribution in [-0.2, 0) is 4.74 Å². The molecule has 0 radical (unpaired) electrons. The first-order valence-corrected chi connectivity index (χ1v) is 14.2. The Morgan fingerprint density at radius 3 is 2.00 bits per heavy atom. The van der Waals surface area contributed by atoms with Crippen LogP contribution >= 0.6 is 0 Å².